The van der Waals surface area contributed by atoms with Crippen LogP contribution >= 0.6 is 0 Å². The molecule has 0 aromatic heterocycles. The van der Waals surface area contributed by atoms with Gasteiger partial charge in [0.25, 0.3) is 0 Å². The highest BCUT2D eigenvalue weighted by atomic mass is 16.4. The molecule has 0 saturated heterocycles. The maximum Gasteiger partial charge on any atom is 0.405 e. The highest BCUT2D eigenvalue weighted by Crippen LogP contribution is 2.32. The Labute approximate surface area is 87.6 Å². The maximum atomic E-state index is 10.5. The van der Waals surface area contributed by atoms with E-state index in [1.54, 1.807) is 0 Å². The summed E-state index contributed by atoms with van der Waals surface area (Å²) in [6, 6.07) is -0.116. The molecule has 4 heteroatoms. The summed E-state index contributed by atoms with van der Waals surface area (Å²) in [7, 11) is 0. The van der Waals surface area contributed by atoms with E-state index >= 15 is 0 Å². The lowest BCUT2D eigenvalue weighted by Crippen LogP contribution is -2.30. The Balaban J connectivity index is 2.09. The summed E-state index contributed by atoms with van der Waals surface area (Å²) in [5.41, 5.74) is 3.23. The molecule has 0 heterocycles. The summed E-state index contributed by atoms with van der Waals surface area (Å²) in [4.78, 5) is 10.5. The van der Waals surface area contributed by atoms with E-state index in [2.05, 4.69) is 5.32 Å². The van der Waals surface area contributed by atoms with Gasteiger partial charge < -0.3 is 15.5 Å². The van der Waals surface area contributed by atoms with Crippen LogP contribution in [0.15, 0.2) is 34.9 Å². The van der Waals surface area contributed by atoms with Gasteiger partial charge in [0.05, 0.1) is 12.6 Å². The van der Waals surface area contributed by atoms with Gasteiger partial charge in [-0.15, -0.1) is 0 Å². The molecule has 2 rings (SSSR count). The lowest BCUT2D eigenvalue weighted by atomic mass is 9.96. The normalized spacial score (nSPS) is 23.8. The molecule has 4 nitrogen and oxygen atoms in total. The second-order valence-corrected chi connectivity index (χ2v) is 3.76. The molecule has 0 aromatic rings. The van der Waals surface area contributed by atoms with E-state index in [4.69, 9.17) is 10.2 Å². The maximum absolute atomic E-state index is 10.5. The van der Waals surface area contributed by atoms with Crippen molar-refractivity contribution >= 4 is 6.09 Å². The Morgan fingerprint density at radius 2 is 2.33 bits per heavy atom. The number of aliphatic hydroxyl groups is 1. The van der Waals surface area contributed by atoms with Crippen LogP contribution in [0.4, 0.5) is 4.79 Å². The number of carbonyl (C=O) groups is 1. The monoisotopic (exact) mass is 207 g/mol. The van der Waals surface area contributed by atoms with Gasteiger partial charge in [-0.2, -0.15) is 0 Å². The highest BCUT2D eigenvalue weighted by Gasteiger charge is 2.23. The van der Waals surface area contributed by atoms with Gasteiger partial charge in [-0.25, -0.2) is 4.79 Å². The van der Waals surface area contributed by atoms with Crippen LogP contribution in [0.2, 0.25) is 0 Å². The van der Waals surface area contributed by atoms with Crippen molar-refractivity contribution in [1.29, 1.82) is 0 Å². The van der Waals surface area contributed by atoms with Crippen LogP contribution in [-0.4, -0.2) is 29.0 Å². The third-order valence-electron chi connectivity index (χ3n) is 2.69. The predicted molar refractivity (Wildman–Crippen MR) is 55.5 cm³/mol. The second-order valence-electron chi connectivity index (χ2n) is 3.76. The zero-order chi connectivity index (χ0) is 10.8. The third kappa shape index (κ3) is 2.10. The fourth-order valence-electron chi connectivity index (χ4n) is 2.01. The number of hydrogen-bond donors (Lipinski definition) is 3. The van der Waals surface area contributed by atoms with Gasteiger partial charge in [0.2, 0.25) is 0 Å². The van der Waals surface area contributed by atoms with Crippen molar-refractivity contribution in [3.05, 3.63) is 34.9 Å². The van der Waals surface area contributed by atoms with Gasteiger partial charge in [0, 0.05) is 0 Å². The fraction of sp³-hybridized carbons (Fsp3) is 0.364. The van der Waals surface area contributed by atoms with Crippen LogP contribution < -0.4 is 5.32 Å². The molecule has 0 spiro atoms. The molecule has 80 valence electrons. The summed E-state index contributed by atoms with van der Waals surface area (Å²) in [6.45, 7) is 0.0494. The van der Waals surface area contributed by atoms with Crippen LogP contribution in [0.1, 0.15) is 12.8 Å². The molecule has 0 fully saturated rings. The zero-order valence-corrected chi connectivity index (χ0v) is 8.23. The van der Waals surface area contributed by atoms with E-state index in [1.165, 1.54) is 5.57 Å². The molecule has 0 aliphatic heterocycles. The molecule has 0 aromatic carbocycles. The molecular formula is C11H13NO3. The summed E-state index contributed by atoms with van der Waals surface area (Å²) < 4.78 is 0. The van der Waals surface area contributed by atoms with Gasteiger partial charge in [0.1, 0.15) is 0 Å². The van der Waals surface area contributed by atoms with Gasteiger partial charge in [-0.3, -0.25) is 0 Å². The third-order valence-corrected chi connectivity index (χ3v) is 2.69. The van der Waals surface area contributed by atoms with Crippen LogP contribution in [0.3, 0.4) is 0 Å². The summed E-state index contributed by atoms with van der Waals surface area (Å²) in [5.74, 6) is 0. The van der Waals surface area contributed by atoms with Crippen molar-refractivity contribution in [2.75, 3.05) is 6.61 Å². The molecule has 0 saturated carbocycles. The Bertz CT molecular complexity index is 379. The SMILES string of the molecule is O=C(O)NC1C=C2CC=C(CO)C=C2C1. The van der Waals surface area contributed by atoms with Crippen molar-refractivity contribution in [2.24, 2.45) is 0 Å². The van der Waals surface area contributed by atoms with Crippen molar-refractivity contribution in [3.63, 3.8) is 0 Å². The summed E-state index contributed by atoms with van der Waals surface area (Å²) in [6.07, 6.45) is 6.35. The molecule has 15 heavy (non-hydrogen) atoms. The Kier molecular flexibility index (Phi) is 2.60. The smallest absolute Gasteiger partial charge is 0.405 e. The van der Waals surface area contributed by atoms with Crippen LogP contribution in [-0.2, 0) is 0 Å². The first-order chi connectivity index (χ1) is 7.19. The summed E-state index contributed by atoms with van der Waals surface area (Å²) in [5, 5.41) is 20.0. The predicted octanol–water partition coefficient (Wildman–Crippen LogP) is 1.20. The molecule has 1 atom stereocenters. The number of fused-ring (bicyclic) bond motifs is 1. The molecule has 2 aliphatic carbocycles. The lowest BCUT2D eigenvalue weighted by molar-refractivity contribution is 0.192. The van der Waals surface area contributed by atoms with Crippen molar-refractivity contribution in [2.45, 2.75) is 18.9 Å². The number of allylic oxidation sites excluding steroid dienone is 2. The number of aliphatic hydroxyl groups excluding tert-OH is 1. The Morgan fingerprint density at radius 3 is 3.00 bits per heavy atom. The van der Waals surface area contributed by atoms with E-state index < -0.39 is 6.09 Å². The van der Waals surface area contributed by atoms with E-state index in [-0.39, 0.29) is 12.6 Å². The van der Waals surface area contributed by atoms with Gasteiger partial charge in [-0.05, 0) is 29.6 Å². The van der Waals surface area contributed by atoms with E-state index in [0.717, 1.165) is 17.6 Å². The van der Waals surface area contributed by atoms with Crippen LogP contribution in [0.5, 0.6) is 0 Å². The first-order valence-corrected chi connectivity index (χ1v) is 4.90. The minimum absolute atomic E-state index is 0.0494. The molecule has 2 aliphatic rings. The first-order valence-electron chi connectivity index (χ1n) is 4.90. The number of hydrogen-bond acceptors (Lipinski definition) is 2. The van der Waals surface area contributed by atoms with Crippen molar-refractivity contribution < 1.29 is 15.0 Å². The molecule has 3 N–H and O–H groups in total. The molecular weight excluding hydrogens is 194 g/mol. The second kappa shape index (κ2) is 3.90. The zero-order valence-electron chi connectivity index (χ0n) is 8.23. The van der Waals surface area contributed by atoms with E-state index in [9.17, 15) is 4.79 Å². The van der Waals surface area contributed by atoms with Crippen LogP contribution in [0, 0.1) is 0 Å². The number of rotatable bonds is 2. The minimum atomic E-state index is -0.994. The fourth-order valence-corrected chi connectivity index (χ4v) is 2.01. The average molecular weight is 207 g/mol. The molecule has 0 radical (unpaired) electrons. The number of amides is 1. The standard InChI is InChI=1S/C11H13NO3/c13-6-7-1-2-8-4-10(12-11(14)15)5-9(8)3-7/h1,3-4,10,12-13H,2,5-6H2,(H,14,15). The minimum Gasteiger partial charge on any atom is -0.465 e. The van der Waals surface area contributed by atoms with E-state index in [1.807, 2.05) is 18.2 Å². The quantitative estimate of drug-likeness (QED) is 0.637. The molecule has 1 amide bonds. The Morgan fingerprint density at radius 1 is 1.53 bits per heavy atom. The lowest BCUT2D eigenvalue weighted by Gasteiger charge is -2.11. The molecule has 0 bridgehead atoms. The molecule has 1 unspecified atom stereocenters. The van der Waals surface area contributed by atoms with Crippen molar-refractivity contribution in [1.82, 2.24) is 5.32 Å². The average Bonchev–Trinajstić information content (AvgIpc) is 2.57. The first kappa shape index (κ1) is 9.98. The van der Waals surface area contributed by atoms with Crippen molar-refractivity contribution in [3.8, 4) is 0 Å². The largest absolute Gasteiger partial charge is 0.465 e. The van der Waals surface area contributed by atoms with Gasteiger partial charge in [-0.1, -0.05) is 18.2 Å². The topological polar surface area (TPSA) is 69.6 Å². The van der Waals surface area contributed by atoms with Crippen LogP contribution in [0.25, 0.3) is 0 Å². The highest BCUT2D eigenvalue weighted by molar-refractivity contribution is 5.66. The van der Waals surface area contributed by atoms with Gasteiger partial charge in [0.15, 0.2) is 0 Å². The Hall–Kier alpha value is -1.55. The van der Waals surface area contributed by atoms with E-state index in [0.29, 0.717) is 6.42 Å². The number of carboxylic acid groups (broad SMARTS) is 1. The number of nitrogens with one attached hydrogen (secondary N) is 1. The van der Waals surface area contributed by atoms with Gasteiger partial charge >= 0.3 is 6.09 Å². The summed E-state index contributed by atoms with van der Waals surface area (Å²) >= 11 is 0.